The van der Waals surface area contributed by atoms with Crippen molar-refractivity contribution < 1.29 is 4.79 Å². The fourth-order valence-electron chi connectivity index (χ4n) is 1.56. The molecule has 0 aliphatic rings. The van der Waals surface area contributed by atoms with Crippen LogP contribution in [0.3, 0.4) is 0 Å². The third-order valence-electron chi connectivity index (χ3n) is 2.40. The molecule has 0 aromatic carbocycles. The zero-order chi connectivity index (χ0) is 13.1. The minimum atomic E-state index is -0.159. The van der Waals surface area contributed by atoms with E-state index in [1.165, 1.54) is 0 Å². The standard InChI is InChI=1S/C12H14N4OS/c1-8-14-9(7-18-8)6-16(2)12(17)10-4-3-5-11(13)15-10/h3-5,7H,6H2,1-2H3,(H2,13,15). The van der Waals surface area contributed by atoms with Gasteiger partial charge < -0.3 is 10.6 Å². The quantitative estimate of drug-likeness (QED) is 0.913. The molecule has 5 nitrogen and oxygen atoms in total. The molecule has 0 aliphatic carbocycles. The molecule has 2 N–H and O–H groups in total. The monoisotopic (exact) mass is 262 g/mol. The number of nitrogens with two attached hydrogens (primary N) is 1. The molecule has 2 aromatic heterocycles. The van der Waals surface area contributed by atoms with Crippen molar-refractivity contribution in [2.45, 2.75) is 13.5 Å². The SMILES string of the molecule is Cc1nc(CN(C)C(=O)c2cccc(N)n2)cs1. The predicted octanol–water partition coefficient (Wildman–Crippen LogP) is 1.70. The van der Waals surface area contributed by atoms with Crippen molar-refractivity contribution >= 4 is 23.1 Å². The van der Waals surface area contributed by atoms with E-state index >= 15 is 0 Å². The Morgan fingerprint density at radius 3 is 2.83 bits per heavy atom. The Labute approximate surface area is 109 Å². The largest absolute Gasteiger partial charge is 0.384 e. The molecule has 0 bridgehead atoms. The van der Waals surface area contributed by atoms with Gasteiger partial charge in [-0.2, -0.15) is 0 Å². The number of anilines is 1. The predicted molar refractivity (Wildman–Crippen MR) is 71.3 cm³/mol. The highest BCUT2D eigenvalue weighted by Crippen LogP contribution is 2.11. The van der Waals surface area contributed by atoms with Gasteiger partial charge in [-0.05, 0) is 19.1 Å². The van der Waals surface area contributed by atoms with Gasteiger partial charge >= 0.3 is 0 Å². The molecule has 2 heterocycles. The van der Waals surface area contributed by atoms with Crippen molar-refractivity contribution in [3.8, 4) is 0 Å². The molecule has 18 heavy (non-hydrogen) atoms. The van der Waals surface area contributed by atoms with Crippen LogP contribution in [0.5, 0.6) is 0 Å². The highest BCUT2D eigenvalue weighted by atomic mass is 32.1. The van der Waals surface area contributed by atoms with Crippen molar-refractivity contribution in [2.75, 3.05) is 12.8 Å². The minimum absolute atomic E-state index is 0.159. The molecule has 0 fully saturated rings. The summed E-state index contributed by atoms with van der Waals surface area (Å²) in [6.07, 6.45) is 0. The summed E-state index contributed by atoms with van der Waals surface area (Å²) in [5.74, 6) is 0.187. The van der Waals surface area contributed by atoms with Gasteiger partial charge in [0.05, 0.1) is 17.2 Å². The fourth-order valence-corrected chi connectivity index (χ4v) is 2.17. The van der Waals surface area contributed by atoms with Crippen LogP contribution >= 0.6 is 11.3 Å². The van der Waals surface area contributed by atoms with Gasteiger partial charge in [0.25, 0.3) is 5.91 Å². The summed E-state index contributed by atoms with van der Waals surface area (Å²) in [6.45, 7) is 2.41. The lowest BCUT2D eigenvalue weighted by atomic mass is 10.3. The first-order chi connectivity index (χ1) is 8.56. The smallest absolute Gasteiger partial charge is 0.272 e. The van der Waals surface area contributed by atoms with E-state index in [4.69, 9.17) is 5.73 Å². The molecule has 6 heteroatoms. The second-order valence-electron chi connectivity index (χ2n) is 3.97. The topological polar surface area (TPSA) is 72.1 Å². The maximum Gasteiger partial charge on any atom is 0.272 e. The van der Waals surface area contributed by atoms with Crippen LogP contribution in [0.25, 0.3) is 0 Å². The van der Waals surface area contributed by atoms with Crippen molar-refractivity contribution in [3.05, 3.63) is 40.0 Å². The lowest BCUT2D eigenvalue weighted by Gasteiger charge is -2.15. The highest BCUT2D eigenvalue weighted by Gasteiger charge is 2.14. The summed E-state index contributed by atoms with van der Waals surface area (Å²) < 4.78 is 0. The van der Waals surface area contributed by atoms with E-state index in [1.807, 2.05) is 12.3 Å². The Balaban J connectivity index is 2.09. The highest BCUT2D eigenvalue weighted by molar-refractivity contribution is 7.09. The van der Waals surface area contributed by atoms with Gasteiger partial charge in [0.15, 0.2) is 0 Å². The Bertz CT molecular complexity index is 567. The zero-order valence-electron chi connectivity index (χ0n) is 10.3. The molecule has 0 atom stereocenters. The van der Waals surface area contributed by atoms with E-state index in [1.54, 1.807) is 41.5 Å². The van der Waals surface area contributed by atoms with E-state index < -0.39 is 0 Å². The number of carbonyl (C=O) groups excluding carboxylic acids is 1. The molecule has 0 radical (unpaired) electrons. The molecule has 94 valence electrons. The number of aromatic nitrogens is 2. The number of carbonyl (C=O) groups is 1. The molecule has 0 aliphatic heterocycles. The van der Waals surface area contributed by atoms with Crippen LogP contribution in [0.2, 0.25) is 0 Å². The Morgan fingerprint density at radius 2 is 2.22 bits per heavy atom. The maximum atomic E-state index is 12.1. The lowest BCUT2D eigenvalue weighted by molar-refractivity contribution is 0.0778. The number of hydrogen-bond acceptors (Lipinski definition) is 5. The third kappa shape index (κ3) is 2.84. The fraction of sp³-hybridized carbons (Fsp3) is 0.250. The Kier molecular flexibility index (Phi) is 3.57. The normalized spacial score (nSPS) is 10.3. The van der Waals surface area contributed by atoms with Crippen LogP contribution in [0.1, 0.15) is 21.2 Å². The summed E-state index contributed by atoms with van der Waals surface area (Å²) in [5, 5.41) is 2.94. The van der Waals surface area contributed by atoms with E-state index in [0.29, 0.717) is 18.1 Å². The number of pyridine rings is 1. The van der Waals surface area contributed by atoms with Crippen LogP contribution in [0.15, 0.2) is 23.6 Å². The second kappa shape index (κ2) is 5.14. The molecule has 0 unspecified atom stereocenters. The molecule has 0 saturated carbocycles. The maximum absolute atomic E-state index is 12.1. The van der Waals surface area contributed by atoms with Gasteiger partial charge in [-0.25, -0.2) is 9.97 Å². The first kappa shape index (κ1) is 12.5. The van der Waals surface area contributed by atoms with Crippen LogP contribution in [-0.4, -0.2) is 27.8 Å². The average Bonchev–Trinajstić information content (AvgIpc) is 2.73. The summed E-state index contributed by atoms with van der Waals surface area (Å²) in [4.78, 5) is 22.0. The van der Waals surface area contributed by atoms with E-state index in [-0.39, 0.29) is 5.91 Å². The average molecular weight is 262 g/mol. The molecule has 0 spiro atoms. The number of thiazole rings is 1. The van der Waals surface area contributed by atoms with Crippen molar-refractivity contribution in [1.29, 1.82) is 0 Å². The minimum Gasteiger partial charge on any atom is -0.384 e. The molecule has 1 amide bonds. The number of rotatable bonds is 3. The van der Waals surface area contributed by atoms with Gasteiger partial charge in [0.1, 0.15) is 11.5 Å². The van der Waals surface area contributed by atoms with E-state index in [9.17, 15) is 4.79 Å². The Hall–Kier alpha value is -1.95. The van der Waals surface area contributed by atoms with E-state index in [0.717, 1.165) is 10.7 Å². The van der Waals surface area contributed by atoms with Crippen LogP contribution < -0.4 is 5.73 Å². The van der Waals surface area contributed by atoms with Crippen LogP contribution in [0, 0.1) is 6.92 Å². The molecule has 2 aromatic rings. The molecule has 0 saturated heterocycles. The summed E-state index contributed by atoms with van der Waals surface area (Å²) in [6, 6.07) is 5.03. The molecular formula is C12H14N4OS. The van der Waals surface area contributed by atoms with Crippen LogP contribution in [0.4, 0.5) is 5.82 Å². The molecule has 2 rings (SSSR count). The van der Waals surface area contributed by atoms with Crippen molar-refractivity contribution in [3.63, 3.8) is 0 Å². The summed E-state index contributed by atoms with van der Waals surface area (Å²) in [5.41, 5.74) is 6.80. The lowest BCUT2D eigenvalue weighted by Crippen LogP contribution is -2.27. The number of hydrogen-bond donors (Lipinski definition) is 1. The van der Waals surface area contributed by atoms with Gasteiger partial charge in [0.2, 0.25) is 0 Å². The van der Waals surface area contributed by atoms with E-state index in [2.05, 4.69) is 9.97 Å². The zero-order valence-corrected chi connectivity index (χ0v) is 11.1. The number of amides is 1. The van der Waals surface area contributed by atoms with Crippen LogP contribution in [-0.2, 0) is 6.54 Å². The number of nitrogens with zero attached hydrogens (tertiary/aromatic N) is 3. The van der Waals surface area contributed by atoms with Crippen molar-refractivity contribution in [2.24, 2.45) is 0 Å². The first-order valence-electron chi connectivity index (χ1n) is 5.45. The van der Waals surface area contributed by atoms with Gasteiger partial charge in [0, 0.05) is 12.4 Å². The van der Waals surface area contributed by atoms with Gasteiger partial charge in [-0.15, -0.1) is 11.3 Å². The number of aryl methyl sites for hydroxylation is 1. The second-order valence-corrected chi connectivity index (χ2v) is 5.03. The van der Waals surface area contributed by atoms with Crippen molar-refractivity contribution in [1.82, 2.24) is 14.9 Å². The summed E-state index contributed by atoms with van der Waals surface area (Å²) in [7, 11) is 1.72. The van der Waals surface area contributed by atoms with Gasteiger partial charge in [-0.1, -0.05) is 6.07 Å². The Morgan fingerprint density at radius 1 is 1.44 bits per heavy atom. The molecular weight excluding hydrogens is 248 g/mol. The number of nitrogen functional groups attached to an aromatic ring is 1. The van der Waals surface area contributed by atoms with Gasteiger partial charge in [-0.3, -0.25) is 4.79 Å². The first-order valence-corrected chi connectivity index (χ1v) is 6.33. The summed E-state index contributed by atoms with van der Waals surface area (Å²) >= 11 is 1.57. The third-order valence-corrected chi connectivity index (χ3v) is 3.22.